The maximum atomic E-state index is 12.1. The Hall–Kier alpha value is -1.84. The van der Waals surface area contributed by atoms with Gasteiger partial charge in [0.1, 0.15) is 0 Å². The van der Waals surface area contributed by atoms with E-state index >= 15 is 0 Å². The zero-order valence-corrected chi connectivity index (χ0v) is 11.1. The topological polar surface area (TPSA) is 44.1 Å². The maximum Gasteiger partial charge on any atom is 0.340 e. The fourth-order valence-electron chi connectivity index (χ4n) is 2.29. The van der Waals surface area contributed by atoms with Crippen LogP contribution < -0.4 is 0 Å². The summed E-state index contributed by atoms with van der Waals surface area (Å²) >= 11 is 0. The number of fused-ring (bicyclic) bond motifs is 1. The molecule has 4 nitrogen and oxygen atoms in total. The van der Waals surface area contributed by atoms with Crippen LogP contribution in [0.25, 0.3) is 10.9 Å². The third kappa shape index (κ3) is 1.98. The molecule has 2 rings (SSSR count). The highest BCUT2D eigenvalue weighted by Gasteiger charge is 2.21. The normalized spacial score (nSPS) is 10.8. The van der Waals surface area contributed by atoms with Gasteiger partial charge in [-0.3, -0.25) is 4.98 Å². The van der Waals surface area contributed by atoms with Gasteiger partial charge < -0.3 is 9.30 Å². The van der Waals surface area contributed by atoms with E-state index in [1.165, 1.54) is 0 Å². The highest BCUT2D eigenvalue weighted by molar-refractivity contribution is 6.05. The second-order valence-corrected chi connectivity index (χ2v) is 4.24. The Morgan fingerprint density at radius 2 is 2.22 bits per heavy atom. The number of hydrogen-bond acceptors (Lipinski definition) is 3. The van der Waals surface area contributed by atoms with E-state index in [0.717, 1.165) is 29.4 Å². The van der Waals surface area contributed by atoms with Crippen molar-refractivity contribution in [2.75, 3.05) is 6.61 Å². The molecule has 0 aliphatic rings. The van der Waals surface area contributed by atoms with Gasteiger partial charge in [0, 0.05) is 24.3 Å². The van der Waals surface area contributed by atoms with Gasteiger partial charge in [0.05, 0.1) is 23.9 Å². The van der Waals surface area contributed by atoms with Crippen molar-refractivity contribution in [1.82, 2.24) is 9.55 Å². The molecule has 2 heterocycles. The zero-order valence-electron chi connectivity index (χ0n) is 11.1. The van der Waals surface area contributed by atoms with Gasteiger partial charge in [0.25, 0.3) is 0 Å². The Balaban J connectivity index is 2.66. The Morgan fingerprint density at radius 3 is 2.89 bits per heavy atom. The molecule has 0 spiro atoms. The van der Waals surface area contributed by atoms with Crippen LogP contribution in [-0.2, 0) is 18.2 Å². The SMILES string of the molecule is CCCc1c(C(=O)OCC)c2ccncc2n1C. The number of rotatable bonds is 4. The summed E-state index contributed by atoms with van der Waals surface area (Å²) in [6.07, 6.45) is 5.35. The summed E-state index contributed by atoms with van der Waals surface area (Å²) in [5, 5.41) is 0.925. The first kappa shape index (κ1) is 12.6. The molecular formula is C14H18N2O2. The van der Waals surface area contributed by atoms with Crippen molar-refractivity contribution in [1.29, 1.82) is 0 Å². The lowest BCUT2D eigenvalue weighted by Crippen LogP contribution is -2.08. The summed E-state index contributed by atoms with van der Waals surface area (Å²) in [4.78, 5) is 16.2. The number of aromatic nitrogens is 2. The quantitative estimate of drug-likeness (QED) is 0.779. The summed E-state index contributed by atoms with van der Waals surface area (Å²) < 4.78 is 7.20. The first-order valence-electron chi connectivity index (χ1n) is 6.29. The molecule has 4 heteroatoms. The average molecular weight is 246 g/mol. The number of pyridine rings is 1. The summed E-state index contributed by atoms with van der Waals surface area (Å²) in [5.41, 5.74) is 2.70. The summed E-state index contributed by atoms with van der Waals surface area (Å²) in [5.74, 6) is -0.238. The van der Waals surface area contributed by atoms with E-state index in [1.54, 1.807) is 12.4 Å². The molecule has 0 aliphatic carbocycles. The maximum absolute atomic E-state index is 12.1. The van der Waals surface area contributed by atoms with Gasteiger partial charge in [-0.15, -0.1) is 0 Å². The van der Waals surface area contributed by atoms with Crippen LogP contribution in [0.1, 0.15) is 36.3 Å². The van der Waals surface area contributed by atoms with Crippen LogP contribution in [0.3, 0.4) is 0 Å². The molecule has 0 fully saturated rings. The molecule has 18 heavy (non-hydrogen) atoms. The van der Waals surface area contributed by atoms with Gasteiger partial charge in [0.15, 0.2) is 0 Å². The third-order valence-electron chi connectivity index (χ3n) is 3.09. The molecule has 0 radical (unpaired) electrons. The first-order chi connectivity index (χ1) is 8.70. The molecule has 0 aromatic carbocycles. The second kappa shape index (κ2) is 5.21. The van der Waals surface area contributed by atoms with Crippen molar-refractivity contribution >= 4 is 16.9 Å². The highest BCUT2D eigenvalue weighted by atomic mass is 16.5. The average Bonchev–Trinajstić information content (AvgIpc) is 2.65. The highest BCUT2D eigenvalue weighted by Crippen LogP contribution is 2.26. The smallest absolute Gasteiger partial charge is 0.340 e. The van der Waals surface area contributed by atoms with Crippen molar-refractivity contribution in [2.45, 2.75) is 26.7 Å². The molecule has 2 aromatic rings. The van der Waals surface area contributed by atoms with E-state index < -0.39 is 0 Å². The Morgan fingerprint density at radius 1 is 1.44 bits per heavy atom. The molecule has 0 amide bonds. The van der Waals surface area contributed by atoms with Crippen molar-refractivity contribution in [2.24, 2.45) is 7.05 Å². The largest absolute Gasteiger partial charge is 0.462 e. The summed E-state index contributed by atoms with van der Waals surface area (Å²) in [7, 11) is 1.97. The minimum atomic E-state index is -0.238. The number of aryl methyl sites for hydroxylation is 1. The van der Waals surface area contributed by atoms with Gasteiger partial charge in [-0.25, -0.2) is 4.79 Å². The van der Waals surface area contributed by atoms with Crippen LogP contribution in [0, 0.1) is 0 Å². The number of ether oxygens (including phenoxy) is 1. The third-order valence-corrected chi connectivity index (χ3v) is 3.09. The van der Waals surface area contributed by atoms with Crippen molar-refractivity contribution in [3.8, 4) is 0 Å². The zero-order chi connectivity index (χ0) is 13.1. The minimum Gasteiger partial charge on any atom is -0.462 e. The molecular weight excluding hydrogens is 228 g/mol. The van der Waals surface area contributed by atoms with E-state index in [2.05, 4.69) is 11.9 Å². The van der Waals surface area contributed by atoms with Crippen LogP contribution in [-0.4, -0.2) is 22.1 Å². The number of esters is 1. The van der Waals surface area contributed by atoms with Crippen molar-refractivity contribution in [3.05, 3.63) is 29.7 Å². The Kier molecular flexibility index (Phi) is 3.65. The Labute approximate surface area is 107 Å². The molecule has 96 valence electrons. The van der Waals surface area contributed by atoms with E-state index in [0.29, 0.717) is 12.2 Å². The fraction of sp³-hybridized carbons (Fsp3) is 0.429. The lowest BCUT2D eigenvalue weighted by Gasteiger charge is -2.06. The van der Waals surface area contributed by atoms with E-state index in [1.807, 2.05) is 24.6 Å². The minimum absolute atomic E-state index is 0.238. The van der Waals surface area contributed by atoms with Gasteiger partial charge >= 0.3 is 5.97 Å². The summed E-state index contributed by atoms with van der Waals surface area (Å²) in [6, 6.07) is 1.88. The van der Waals surface area contributed by atoms with Crippen LogP contribution >= 0.6 is 0 Å². The van der Waals surface area contributed by atoms with Crippen molar-refractivity contribution in [3.63, 3.8) is 0 Å². The van der Waals surface area contributed by atoms with Crippen LogP contribution in [0.4, 0.5) is 0 Å². The first-order valence-corrected chi connectivity index (χ1v) is 6.29. The monoisotopic (exact) mass is 246 g/mol. The lowest BCUT2D eigenvalue weighted by molar-refractivity contribution is 0.0527. The predicted molar refractivity (Wildman–Crippen MR) is 70.7 cm³/mol. The number of nitrogens with zero attached hydrogens (tertiary/aromatic N) is 2. The van der Waals surface area contributed by atoms with Crippen molar-refractivity contribution < 1.29 is 9.53 Å². The van der Waals surface area contributed by atoms with Gasteiger partial charge in [0.2, 0.25) is 0 Å². The molecule has 0 aliphatic heterocycles. The molecule has 0 atom stereocenters. The molecule has 0 saturated heterocycles. The summed E-state index contributed by atoms with van der Waals surface area (Å²) in [6.45, 7) is 4.32. The van der Waals surface area contributed by atoms with E-state index in [4.69, 9.17) is 4.74 Å². The van der Waals surface area contributed by atoms with Gasteiger partial charge in [-0.05, 0) is 19.4 Å². The number of carbonyl (C=O) groups excluding carboxylic acids is 1. The number of carbonyl (C=O) groups is 1. The molecule has 0 unspecified atom stereocenters. The lowest BCUT2D eigenvalue weighted by atomic mass is 10.1. The van der Waals surface area contributed by atoms with E-state index in [9.17, 15) is 4.79 Å². The Bertz CT molecular complexity index is 572. The number of hydrogen-bond donors (Lipinski definition) is 0. The molecule has 0 N–H and O–H groups in total. The van der Waals surface area contributed by atoms with Crippen LogP contribution in [0.5, 0.6) is 0 Å². The van der Waals surface area contributed by atoms with Gasteiger partial charge in [-0.2, -0.15) is 0 Å². The predicted octanol–water partition coefficient (Wildman–Crippen LogP) is 2.70. The van der Waals surface area contributed by atoms with Gasteiger partial charge in [-0.1, -0.05) is 13.3 Å². The van der Waals surface area contributed by atoms with Crippen LogP contribution in [0.2, 0.25) is 0 Å². The van der Waals surface area contributed by atoms with E-state index in [-0.39, 0.29) is 5.97 Å². The molecule has 0 saturated carbocycles. The second-order valence-electron chi connectivity index (χ2n) is 4.24. The van der Waals surface area contributed by atoms with Crippen LogP contribution in [0.15, 0.2) is 18.5 Å². The fourth-order valence-corrected chi connectivity index (χ4v) is 2.29. The standard InChI is InChI=1S/C14H18N2O2/c1-4-6-11-13(14(17)18-5-2)10-7-8-15-9-12(10)16(11)3/h7-9H,4-6H2,1-3H3. The molecule has 0 bridgehead atoms. The molecule has 2 aromatic heterocycles.